The maximum atomic E-state index is 5.34. The summed E-state index contributed by atoms with van der Waals surface area (Å²) in [5.74, 6) is 0. The van der Waals surface area contributed by atoms with Gasteiger partial charge in [-0.05, 0) is 40.4 Å². The molecule has 0 aromatic heterocycles. The first-order chi connectivity index (χ1) is 6.74. The minimum Gasteiger partial charge on any atom is -0.380 e. The van der Waals surface area contributed by atoms with Gasteiger partial charge in [0.2, 0.25) is 0 Å². The number of likely N-dealkylation sites (N-methyl/N-ethyl adjacent to an activating group) is 2. The van der Waals surface area contributed by atoms with Crippen molar-refractivity contribution >= 4 is 0 Å². The first kappa shape index (κ1) is 12.0. The maximum Gasteiger partial charge on any atom is 0.0593 e. The van der Waals surface area contributed by atoms with Crippen LogP contribution in [0.15, 0.2) is 0 Å². The summed E-state index contributed by atoms with van der Waals surface area (Å²) >= 11 is 0. The molecule has 0 radical (unpaired) electrons. The van der Waals surface area contributed by atoms with E-state index in [1.807, 2.05) is 6.92 Å². The van der Waals surface area contributed by atoms with Crippen LogP contribution >= 0.6 is 0 Å². The second-order valence-electron chi connectivity index (χ2n) is 4.24. The third-order valence-electron chi connectivity index (χ3n) is 3.02. The van der Waals surface area contributed by atoms with Crippen LogP contribution in [0.2, 0.25) is 0 Å². The molecular formula is C11H24N2O. The average Bonchev–Trinajstić information content (AvgIpc) is 2.52. The molecule has 1 atom stereocenters. The quantitative estimate of drug-likeness (QED) is 0.596. The van der Waals surface area contributed by atoms with Crippen LogP contribution in [0.1, 0.15) is 19.8 Å². The summed E-state index contributed by atoms with van der Waals surface area (Å²) in [7, 11) is 4.42. The molecule has 0 aliphatic carbocycles. The Morgan fingerprint density at radius 1 is 1.50 bits per heavy atom. The van der Waals surface area contributed by atoms with Crippen LogP contribution in [-0.4, -0.2) is 62.8 Å². The SMILES string of the molecule is CCOCCN(C)C[C@@H]1CCCN1C. The zero-order valence-corrected chi connectivity index (χ0v) is 9.83. The lowest BCUT2D eigenvalue weighted by Gasteiger charge is -2.25. The summed E-state index contributed by atoms with van der Waals surface area (Å²) in [5.41, 5.74) is 0. The minimum atomic E-state index is 0.765. The smallest absolute Gasteiger partial charge is 0.0593 e. The lowest BCUT2D eigenvalue weighted by molar-refractivity contribution is 0.113. The molecule has 1 saturated heterocycles. The lowest BCUT2D eigenvalue weighted by Crippen LogP contribution is -2.37. The number of hydrogen-bond donors (Lipinski definition) is 0. The molecule has 1 heterocycles. The minimum absolute atomic E-state index is 0.765. The fourth-order valence-corrected chi connectivity index (χ4v) is 2.03. The van der Waals surface area contributed by atoms with Gasteiger partial charge in [0.25, 0.3) is 0 Å². The molecule has 0 aromatic rings. The number of rotatable bonds is 6. The summed E-state index contributed by atoms with van der Waals surface area (Å²) < 4.78 is 5.34. The second kappa shape index (κ2) is 6.38. The van der Waals surface area contributed by atoms with E-state index in [0.717, 1.165) is 25.8 Å². The van der Waals surface area contributed by atoms with E-state index in [9.17, 15) is 0 Å². The van der Waals surface area contributed by atoms with Crippen LogP contribution in [-0.2, 0) is 4.74 Å². The molecule has 0 spiro atoms. The first-order valence-corrected chi connectivity index (χ1v) is 5.70. The van der Waals surface area contributed by atoms with Gasteiger partial charge < -0.3 is 14.5 Å². The van der Waals surface area contributed by atoms with Crippen LogP contribution in [0.4, 0.5) is 0 Å². The molecule has 1 fully saturated rings. The van der Waals surface area contributed by atoms with Gasteiger partial charge in [0.1, 0.15) is 0 Å². The van der Waals surface area contributed by atoms with Crippen molar-refractivity contribution in [3.05, 3.63) is 0 Å². The Morgan fingerprint density at radius 3 is 2.86 bits per heavy atom. The van der Waals surface area contributed by atoms with E-state index in [1.54, 1.807) is 0 Å². The van der Waals surface area contributed by atoms with Crippen molar-refractivity contribution in [2.75, 3.05) is 46.9 Å². The molecule has 3 nitrogen and oxygen atoms in total. The molecule has 3 heteroatoms. The molecule has 0 amide bonds. The summed E-state index contributed by atoms with van der Waals surface area (Å²) in [5, 5.41) is 0. The third-order valence-corrected chi connectivity index (χ3v) is 3.02. The summed E-state index contributed by atoms with van der Waals surface area (Å²) in [6, 6.07) is 0.765. The topological polar surface area (TPSA) is 15.7 Å². The molecule has 0 unspecified atom stereocenters. The van der Waals surface area contributed by atoms with Crippen molar-refractivity contribution in [2.45, 2.75) is 25.8 Å². The van der Waals surface area contributed by atoms with E-state index < -0.39 is 0 Å². The second-order valence-corrected chi connectivity index (χ2v) is 4.24. The van der Waals surface area contributed by atoms with E-state index in [4.69, 9.17) is 4.74 Å². The normalized spacial score (nSPS) is 23.6. The zero-order chi connectivity index (χ0) is 10.4. The fraction of sp³-hybridized carbons (Fsp3) is 1.00. The average molecular weight is 200 g/mol. The van der Waals surface area contributed by atoms with E-state index in [0.29, 0.717) is 0 Å². The van der Waals surface area contributed by atoms with Gasteiger partial charge in [0.05, 0.1) is 6.61 Å². The molecule has 1 rings (SSSR count). The molecule has 14 heavy (non-hydrogen) atoms. The van der Waals surface area contributed by atoms with E-state index in [1.165, 1.54) is 25.9 Å². The van der Waals surface area contributed by atoms with Crippen LogP contribution in [0.3, 0.4) is 0 Å². The number of hydrogen-bond acceptors (Lipinski definition) is 3. The Hall–Kier alpha value is -0.120. The van der Waals surface area contributed by atoms with Crippen molar-refractivity contribution in [3.8, 4) is 0 Å². The summed E-state index contributed by atoms with van der Waals surface area (Å²) in [4.78, 5) is 4.85. The predicted molar refractivity (Wildman–Crippen MR) is 59.6 cm³/mol. The highest BCUT2D eigenvalue weighted by Crippen LogP contribution is 2.15. The first-order valence-electron chi connectivity index (χ1n) is 5.70. The lowest BCUT2D eigenvalue weighted by atomic mass is 10.2. The summed E-state index contributed by atoms with van der Waals surface area (Å²) in [6.45, 7) is 7.25. The monoisotopic (exact) mass is 200 g/mol. The van der Waals surface area contributed by atoms with Gasteiger partial charge in [0.15, 0.2) is 0 Å². The fourth-order valence-electron chi connectivity index (χ4n) is 2.03. The predicted octanol–water partition coefficient (Wildman–Crippen LogP) is 1.05. The molecule has 1 aliphatic rings. The Balaban J connectivity index is 2.09. The number of ether oxygens (including phenoxy) is 1. The highest BCUT2D eigenvalue weighted by atomic mass is 16.5. The van der Waals surface area contributed by atoms with Crippen molar-refractivity contribution in [3.63, 3.8) is 0 Å². The highest BCUT2D eigenvalue weighted by Gasteiger charge is 2.21. The van der Waals surface area contributed by atoms with Gasteiger partial charge >= 0.3 is 0 Å². The van der Waals surface area contributed by atoms with Crippen LogP contribution in [0.5, 0.6) is 0 Å². The summed E-state index contributed by atoms with van der Waals surface area (Å²) in [6.07, 6.45) is 2.72. The van der Waals surface area contributed by atoms with Crippen molar-refractivity contribution < 1.29 is 4.74 Å². The van der Waals surface area contributed by atoms with Gasteiger partial charge in [-0.2, -0.15) is 0 Å². The van der Waals surface area contributed by atoms with Crippen molar-refractivity contribution in [2.24, 2.45) is 0 Å². The Kier molecular flexibility index (Phi) is 5.45. The molecule has 0 bridgehead atoms. The Bertz CT molecular complexity index is 152. The Labute approximate surface area is 88.0 Å². The Morgan fingerprint density at radius 2 is 2.29 bits per heavy atom. The van der Waals surface area contributed by atoms with E-state index in [2.05, 4.69) is 23.9 Å². The molecule has 0 saturated carbocycles. The largest absolute Gasteiger partial charge is 0.380 e. The van der Waals surface area contributed by atoms with Gasteiger partial charge in [-0.1, -0.05) is 0 Å². The van der Waals surface area contributed by atoms with E-state index >= 15 is 0 Å². The molecule has 84 valence electrons. The van der Waals surface area contributed by atoms with Gasteiger partial charge in [-0.3, -0.25) is 0 Å². The number of likely N-dealkylation sites (tertiary alicyclic amines) is 1. The standard InChI is InChI=1S/C11H24N2O/c1-4-14-9-8-12(2)10-11-6-5-7-13(11)3/h11H,4-10H2,1-3H3/t11-/m0/s1. The number of nitrogens with zero attached hydrogens (tertiary/aromatic N) is 2. The van der Waals surface area contributed by atoms with Crippen molar-refractivity contribution in [1.29, 1.82) is 0 Å². The molecule has 1 aliphatic heterocycles. The zero-order valence-electron chi connectivity index (χ0n) is 9.83. The van der Waals surface area contributed by atoms with Gasteiger partial charge in [-0.25, -0.2) is 0 Å². The molecule has 0 aromatic carbocycles. The van der Waals surface area contributed by atoms with E-state index in [-0.39, 0.29) is 0 Å². The maximum absolute atomic E-state index is 5.34. The van der Waals surface area contributed by atoms with Crippen LogP contribution in [0.25, 0.3) is 0 Å². The van der Waals surface area contributed by atoms with Crippen LogP contribution in [0, 0.1) is 0 Å². The van der Waals surface area contributed by atoms with Crippen molar-refractivity contribution in [1.82, 2.24) is 9.80 Å². The highest BCUT2D eigenvalue weighted by molar-refractivity contribution is 4.78. The van der Waals surface area contributed by atoms with Crippen LogP contribution < -0.4 is 0 Å². The molecular weight excluding hydrogens is 176 g/mol. The molecule has 0 N–H and O–H groups in total. The third kappa shape index (κ3) is 3.95. The van der Waals surface area contributed by atoms with Gasteiger partial charge in [-0.15, -0.1) is 0 Å². The van der Waals surface area contributed by atoms with Gasteiger partial charge in [0, 0.05) is 25.7 Å².